The van der Waals surface area contributed by atoms with Crippen LogP contribution in [0.1, 0.15) is 26.3 Å². The minimum absolute atomic E-state index is 0.0972. The number of anilines is 1. The highest BCUT2D eigenvalue weighted by atomic mass is 35.5. The van der Waals surface area contributed by atoms with Crippen LogP contribution in [-0.2, 0) is 0 Å². The maximum Gasteiger partial charge on any atom is 0.255 e. The van der Waals surface area contributed by atoms with Gasteiger partial charge in [-0.05, 0) is 48.5 Å². The third-order valence-electron chi connectivity index (χ3n) is 3.77. The number of benzene rings is 3. The monoisotopic (exact) mass is 405 g/mol. The number of rotatable bonds is 4. The Bertz CT molecular complexity index is 1050. The van der Waals surface area contributed by atoms with Crippen molar-refractivity contribution >= 4 is 40.6 Å². The van der Waals surface area contributed by atoms with Gasteiger partial charge >= 0.3 is 0 Å². The summed E-state index contributed by atoms with van der Waals surface area (Å²) in [7, 11) is 0. The van der Waals surface area contributed by atoms with Crippen molar-refractivity contribution in [3.05, 3.63) is 99.0 Å². The molecule has 0 atom stereocenters. The van der Waals surface area contributed by atoms with Crippen LogP contribution in [0.25, 0.3) is 0 Å². The van der Waals surface area contributed by atoms with Crippen molar-refractivity contribution < 1.29 is 18.4 Å². The third kappa shape index (κ3) is 4.15. The Morgan fingerprint density at radius 3 is 2.26 bits per heavy atom. The molecule has 0 radical (unpaired) electrons. The first-order chi connectivity index (χ1) is 12.9. The number of hydrogen-bond donors (Lipinski definition) is 1. The number of hydrogen-bond acceptors (Lipinski definition) is 2. The highest BCUT2D eigenvalue weighted by Gasteiger charge is 2.19. The fourth-order valence-electron chi connectivity index (χ4n) is 2.44. The van der Waals surface area contributed by atoms with Crippen LogP contribution in [-0.4, -0.2) is 11.7 Å². The molecule has 3 nitrogen and oxygen atoms in total. The van der Waals surface area contributed by atoms with Crippen LogP contribution in [0, 0.1) is 11.6 Å². The minimum Gasteiger partial charge on any atom is -0.321 e. The van der Waals surface area contributed by atoms with Crippen LogP contribution in [0.5, 0.6) is 0 Å². The third-order valence-corrected chi connectivity index (χ3v) is 4.34. The molecule has 3 rings (SSSR count). The van der Waals surface area contributed by atoms with E-state index in [1.54, 1.807) is 24.3 Å². The zero-order valence-corrected chi connectivity index (χ0v) is 15.1. The normalized spacial score (nSPS) is 10.5. The van der Waals surface area contributed by atoms with Crippen LogP contribution in [0.2, 0.25) is 10.0 Å². The second kappa shape index (κ2) is 7.86. The maximum absolute atomic E-state index is 13.4. The maximum atomic E-state index is 13.4. The van der Waals surface area contributed by atoms with Gasteiger partial charge in [0.05, 0.1) is 10.7 Å². The largest absolute Gasteiger partial charge is 0.321 e. The van der Waals surface area contributed by atoms with E-state index in [2.05, 4.69) is 5.32 Å². The molecule has 1 N–H and O–H groups in total. The molecule has 0 aliphatic rings. The predicted octanol–water partition coefficient (Wildman–Crippen LogP) is 5.75. The van der Waals surface area contributed by atoms with Crippen LogP contribution in [0.4, 0.5) is 14.5 Å². The SMILES string of the molecule is O=C(Nc1ccc(Cl)cc1C(=O)c1ccccc1Cl)c1ccc(F)c(F)c1. The van der Waals surface area contributed by atoms with Gasteiger partial charge in [0.1, 0.15) is 0 Å². The molecule has 0 aromatic heterocycles. The lowest BCUT2D eigenvalue weighted by atomic mass is 10.0. The van der Waals surface area contributed by atoms with E-state index in [-0.39, 0.29) is 32.4 Å². The van der Waals surface area contributed by atoms with Gasteiger partial charge in [0.15, 0.2) is 17.4 Å². The van der Waals surface area contributed by atoms with E-state index in [1.165, 1.54) is 18.2 Å². The van der Waals surface area contributed by atoms with E-state index in [9.17, 15) is 18.4 Å². The fourth-order valence-corrected chi connectivity index (χ4v) is 2.83. The molecule has 136 valence electrons. The number of carbonyl (C=O) groups excluding carboxylic acids is 2. The topological polar surface area (TPSA) is 46.2 Å². The summed E-state index contributed by atoms with van der Waals surface area (Å²) in [4.78, 5) is 25.2. The molecule has 0 spiro atoms. The molecule has 27 heavy (non-hydrogen) atoms. The average molecular weight is 406 g/mol. The van der Waals surface area contributed by atoms with Crippen molar-refractivity contribution in [2.75, 3.05) is 5.32 Å². The van der Waals surface area contributed by atoms with Gasteiger partial charge in [-0.25, -0.2) is 8.78 Å². The molecular weight excluding hydrogens is 395 g/mol. The molecule has 0 heterocycles. The Hall–Kier alpha value is -2.76. The summed E-state index contributed by atoms with van der Waals surface area (Å²) in [5, 5.41) is 3.06. The number of nitrogens with one attached hydrogen (secondary N) is 1. The molecular formula is C20H11Cl2F2NO2. The quantitative estimate of drug-likeness (QED) is 0.561. The van der Waals surface area contributed by atoms with Crippen LogP contribution in [0.15, 0.2) is 60.7 Å². The van der Waals surface area contributed by atoms with Crippen LogP contribution in [0.3, 0.4) is 0 Å². The van der Waals surface area contributed by atoms with Gasteiger partial charge < -0.3 is 5.32 Å². The Labute approximate surface area is 163 Å². The minimum atomic E-state index is -1.15. The number of halogens is 4. The summed E-state index contributed by atoms with van der Waals surface area (Å²) in [5.74, 6) is -3.35. The first kappa shape index (κ1) is 19.0. The predicted molar refractivity (Wildman–Crippen MR) is 101 cm³/mol. The second-order valence-corrected chi connectivity index (χ2v) is 6.43. The molecule has 0 saturated carbocycles. The molecule has 1 amide bonds. The van der Waals surface area contributed by atoms with Gasteiger partial charge in [-0.1, -0.05) is 35.3 Å². The Kier molecular flexibility index (Phi) is 5.54. The molecule has 3 aromatic rings. The van der Waals surface area contributed by atoms with Gasteiger partial charge in [-0.15, -0.1) is 0 Å². The van der Waals surface area contributed by atoms with Crippen molar-refractivity contribution in [2.45, 2.75) is 0 Å². The number of amides is 1. The summed E-state index contributed by atoms with van der Waals surface area (Å²) >= 11 is 12.1. The van der Waals surface area contributed by atoms with Gasteiger partial charge in [0, 0.05) is 21.7 Å². The van der Waals surface area contributed by atoms with Crippen molar-refractivity contribution in [2.24, 2.45) is 0 Å². The first-order valence-electron chi connectivity index (χ1n) is 7.72. The van der Waals surface area contributed by atoms with E-state index in [0.717, 1.165) is 18.2 Å². The molecule has 3 aromatic carbocycles. The summed E-state index contributed by atoms with van der Waals surface area (Å²) < 4.78 is 26.4. The molecule has 7 heteroatoms. The lowest BCUT2D eigenvalue weighted by molar-refractivity contribution is 0.102. The van der Waals surface area contributed by atoms with E-state index in [1.807, 2.05) is 0 Å². The summed E-state index contributed by atoms with van der Waals surface area (Å²) in [5.41, 5.74) is 0.426. The molecule has 0 saturated heterocycles. The Morgan fingerprint density at radius 1 is 0.815 bits per heavy atom. The fraction of sp³-hybridized carbons (Fsp3) is 0. The molecule has 0 aliphatic carbocycles. The zero-order chi connectivity index (χ0) is 19.6. The Balaban J connectivity index is 1.97. The first-order valence-corrected chi connectivity index (χ1v) is 8.47. The van der Waals surface area contributed by atoms with Crippen molar-refractivity contribution in [1.82, 2.24) is 0 Å². The van der Waals surface area contributed by atoms with E-state index in [0.29, 0.717) is 0 Å². The smallest absolute Gasteiger partial charge is 0.255 e. The van der Waals surface area contributed by atoms with E-state index < -0.39 is 23.3 Å². The van der Waals surface area contributed by atoms with Crippen molar-refractivity contribution in [1.29, 1.82) is 0 Å². The summed E-state index contributed by atoms with van der Waals surface area (Å²) in [6, 6.07) is 13.6. The number of ketones is 1. The molecule has 0 fully saturated rings. The molecule has 0 unspecified atom stereocenters. The molecule has 0 bridgehead atoms. The molecule has 0 aliphatic heterocycles. The highest BCUT2D eigenvalue weighted by molar-refractivity contribution is 6.36. The van der Waals surface area contributed by atoms with Gasteiger partial charge in [-0.2, -0.15) is 0 Å². The van der Waals surface area contributed by atoms with Crippen molar-refractivity contribution in [3.63, 3.8) is 0 Å². The average Bonchev–Trinajstić information content (AvgIpc) is 2.65. The van der Waals surface area contributed by atoms with Gasteiger partial charge in [0.2, 0.25) is 0 Å². The zero-order valence-electron chi connectivity index (χ0n) is 13.6. The van der Waals surface area contributed by atoms with Gasteiger partial charge in [0.25, 0.3) is 5.91 Å². The summed E-state index contributed by atoms with van der Waals surface area (Å²) in [6.07, 6.45) is 0. The van der Waals surface area contributed by atoms with Crippen LogP contribution >= 0.6 is 23.2 Å². The van der Waals surface area contributed by atoms with Gasteiger partial charge in [-0.3, -0.25) is 9.59 Å². The second-order valence-electron chi connectivity index (χ2n) is 5.58. The van der Waals surface area contributed by atoms with E-state index in [4.69, 9.17) is 23.2 Å². The summed E-state index contributed by atoms with van der Waals surface area (Å²) in [6.45, 7) is 0. The van der Waals surface area contributed by atoms with Crippen molar-refractivity contribution in [3.8, 4) is 0 Å². The highest BCUT2D eigenvalue weighted by Crippen LogP contribution is 2.27. The van der Waals surface area contributed by atoms with Crippen LogP contribution < -0.4 is 5.32 Å². The lowest BCUT2D eigenvalue weighted by Crippen LogP contribution is -2.16. The Morgan fingerprint density at radius 2 is 1.56 bits per heavy atom. The standard InChI is InChI=1S/C20H11Cl2F2NO2/c21-12-6-8-18(25-20(27)11-5-7-16(23)17(24)9-11)14(10-12)19(26)13-3-1-2-4-15(13)22/h1-10H,(H,25,27). The lowest BCUT2D eigenvalue weighted by Gasteiger charge is -2.12. The van der Waals surface area contributed by atoms with E-state index >= 15 is 0 Å². The number of carbonyl (C=O) groups is 2.